The third-order valence-corrected chi connectivity index (χ3v) is 3.85. The molecule has 1 N–H and O–H groups in total. The van der Waals surface area contributed by atoms with E-state index in [1.165, 1.54) is 45.6 Å². The fourth-order valence-electron chi connectivity index (χ4n) is 2.44. The zero-order valence-corrected chi connectivity index (χ0v) is 12.2. The number of hydrogen-bond donors (Lipinski definition) is 1. The lowest BCUT2D eigenvalue weighted by Gasteiger charge is -2.39. The van der Waals surface area contributed by atoms with Crippen molar-refractivity contribution in [2.24, 2.45) is 0 Å². The second-order valence-corrected chi connectivity index (χ2v) is 5.57. The van der Waals surface area contributed by atoms with E-state index in [4.69, 9.17) is 0 Å². The summed E-state index contributed by atoms with van der Waals surface area (Å²) < 4.78 is 0. The van der Waals surface area contributed by atoms with E-state index < -0.39 is 0 Å². The molecule has 0 aromatic carbocycles. The lowest BCUT2D eigenvalue weighted by atomic mass is 10.2. The maximum atomic E-state index is 3.56. The van der Waals surface area contributed by atoms with Crippen LogP contribution in [0.25, 0.3) is 0 Å². The smallest absolute Gasteiger partial charge is 0.0193 e. The standard InChI is InChI=1S/C14H31N3/c1-5-6-7-15-12-14(4)17-10-8-16(9-11-17)13(2)3/h13-15H,5-12H2,1-4H3. The summed E-state index contributed by atoms with van der Waals surface area (Å²) in [5, 5.41) is 3.56. The Hall–Kier alpha value is -0.120. The largest absolute Gasteiger partial charge is 0.315 e. The molecule has 0 bridgehead atoms. The topological polar surface area (TPSA) is 18.5 Å². The zero-order valence-electron chi connectivity index (χ0n) is 12.2. The van der Waals surface area contributed by atoms with Gasteiger partial charge in [0.25, 0.3) is 0 Å². The van der Waals surface area contributed by atoms with Gasteiger partial charge in [-0.25, -0.2) is 0 Å². The molecule has 0 saturated carbocycles. The average Bonchev–Trinajstić information content (AvgIpc) is 2.34. The Morgan fingerprint density at radius 1 is 1.00 bits per heavy atom. The minimum atomic E-state index is 0.682. The molecule has 1 aliphatic heterocycles. The monoisotopic (exact) mass is 241 g/mol. The van der Waals surface area contributed by atoms with Crippen LogP contribution in [0.4, 0.5) is 0 Å². The second-order valence-electron chi connectivity index (χ2n) is 5.57. The molecule has 0 aromatic heterocycles. The first-order valence-corrected chi connectivity index (χ1v) is 7.34. The third kappa shape index (κ3) is 5.36. The van der Waals surface area contributed by atoms with Crippen molar-refractivity contribution in [1.82, 2.24) is 15.1 Å². The molecule has 1 atom stereocenters. The van der Waals surface area contributed by atoms with E-state index in [1.807, 2.05) is 0 Å². The van der Waals surface area contributed by atoms with Crippen molar-refractivity contribution in [1.29, 1.82) is 0 Å². The first kappa shape index (κ1) is 14.9. The summed E-state index contributed by atoms with van der Waals surface area (Å²) in [5.74, 6) is 0. The molecule has 1 fully saturated rings. The molecule has 1 rings (SSSR count). The van der Waals surface area contributed by atoms with Crippen LogP contribution in [-0.2, 0) is 0 Å². The van der Waals surface area contributed by atoms with E-state index in [9.17, 15) is 0 Å². The number of rotatable bonds is 7. The van der Waals surface area contributed by atoms with Crippen molar-refractivity contribution in [2.45, 2.75) is 52.6 Å². The maximum absolute atomic E-state index is 3.56. The average molecular weight is 241 g/mol. The van der Waals surface area contributed by atoms with Crippen LogP contribution in [0.1, 0.15) is 40.5 Å². The Balaban J connectivity index is 2.14. The quantitative estimate of drug-likeness (QED) is 0.686. The Morgan fingerprint density at radius 2 is 1.59 bits per heavy atom. The lowest BCUT2D eigenvalue weighted by Crippen LogP contribution is -2.53. The van der Waals surface area contributed by atoms with Gasteiger partial charge in [-0.1, -0.05) is 13.3 Å². The highest BCUT2D eigenvalue weighted by Crippen LogP contribution is 2.08. The van der Waals surface area contributed by atoms with Crippen LogP contribution in [0.2, 0.25) is 0 Å². The van der Waals surface area contributed by atoms with Gasteiger partial charge in [0.1, 0.15) is 0 Å². The zero-order chi connectivity index (χ0) is 12.7. The molecule has 1 unspecified atom stereocenters. The number of nitrogens with one attached hydrogen (secondary N) is 1. The molecule has 1 aliphatic rings. The highest BCUT2D eigenvalue weighted by molar-refractivity contribution is 4.78. The van der Waals surface area contributed by atoms with Gasteiger partial charge in [-0.2, -0.15) is 0 Å². The van der Waals surface area contributed by atoms with E-state index in [2.05, 4.69) is 42.8 Å². The van der Waals surface area contributed by atoms with Gasteiger partial charge >= 0.3 is 0 Å². The minimum Gasteiger partial charge on any atom is -0.315 e. The number of nitrogens with zero attached hydrogens (tertiary/aromatic N) is 2. The van der Waals surface area contributed by atoms with Crippen molar-refractivity contribution in [3.05, 3.63) is 0 Å². The van der Waals surface area contributed by atoms with Crippen molar-refractivity contribution < 1.29 is 0 Å². The van der Waals surface area contributed by atoms with Crippen LogP contribution in [0, 0.1) is 0 Å². The van der Waals surface area contributed by atoms with Crippen LogP contribution < -0.4 is 5.32 Å². The number of unbranched alkanes of at least 4 members (excludes halogenated alkanes) is 1. The highest BCUT2D eigenvalue weighted by atomic mass is 15.3. The summed E-state index contributed by atoms with van der Waals surface area (Å²) in [6.07, 6.45) is 2.59. The third-order valence-electron chi connectivity index (χ3n) is 3.85. The normalized spacial score (nSPS) is 21.0. The van der Waals surface area contributed by atoms with E-state index in [-0.39, 0.29) is 0 Å². The molecular formula is C14H31N3. The Bertz CT molecular complexity index is 186. The molecule has 0 amide bonds. The second kappa shape index (κ2) is 8.06. The van der Waals surface area contributed by atoms with Gasteiger partial charge in [0, 0.05) is 44.8 Å². The summed E-state index contributed by atoms with van der Waals surface area (Å²) in [7, 11) is 0. The Labute approximate surface area is 108 Å². The Morgan fingerprint density at radius 3 is 2.12 bits per heavy atom. The van der Waals surface area contributed by atoms with Crippen LogP contribution in [0.3, 0.4) is 0 Å². The first-order valence-electron chi connectivity index (χ1n) is 7.34. The van der Waals surface area contributed by atoms with Gasteiger partial charge in [-0.3, -0.25) is 9.80 Å². The highest BCUT2D eigenvalue weighted by Gasteiger charge is 2.21. The SMILES string of the molecule is CCCCNCC(C)N1CCN(C(C)C)CC1. The summed E-state index contributed by atoms with van der Waals surface area (Å²) in [4.78, 5) is 5.20. The molecule has 3 nitrogen and oxygen atoms in total. The van der Waals surface area contributed by atoms with Crippen molar-refractivity contribution in [3.8, 4) is 0 Å². The summed E-state index contributed by atoms with van der Waals surface area (Å²) in [5.41, 5.74) is 0. The van der Waals surface area contributed by atoms with Crippen molar-refractivity contribution >= 4 is 0 Å². The van der Waals surface area contributed by atoms with E-state index in [0.717, 1.165) is 6.54 Å². The summed E-state index contributed by atoms with van der Waals surface area (Å²) in [6.45, 7) is 16.4. The molecule has 0 spiro atoms. The van der Waals surface area contributed by atoms with E-state index >= 15 is 0 Å². The van der Waals surface area contributed by atoms with Gasteiger partial charge in [0.2, 0.25) is 0 Å². The first-order chi connectivity index (χ1) is 8.15. The fraction of sp³-hybridized carbons (Fsp3) is 1.00. The molecule has 0 radical (unpaired) electrons. The molecule has 3 heteroatoms. The van der Waals surface area contributed by atoms with Crippen molar-refractivity contribution in [2.75, 3.05) is 39.3 Å². The van der Waals surface area contributed by atoms with Crippen LogP contribution in [0.5, 0.6) is 0 Å². The van der Waals surface area contributed by atoms with Gasteiger partial charge in [-0.05, 0) is 33.7 Å². The van der Waals surface area contributed by atoms with Crippen LogP contribution in [-0.4, -0.2) is 61.2 Å². The van der Waals surface area contributed by atoms with Gasteiger partial charge in [-0.15, -0.1) is 0 Å². The molecule has 1 saturated heterocycles. The molecule has 17 heavy (non-hydrogen) atoms. The molecule has 0 aliphatic carbocycles. The summed E-state index contributed by atoms with van der Waals surface area (Å²) in [6, 6.07) is 1.39. The van der Waals surface area contributed by atoms with Crippen LogP contribution >= 0.6 is 0 Å². The van der Waals surface area contributed by atoms with Gasteiger partial charge in [0.05, 0.1) is 0 Å². The lowest BCUT2D eigenvalue weighted by molar-refractivity contribution is 0.0832. The maximum Gasteiger partial charge on any atom is 0.0193 e. The summed E-state index contributed by atoms with van der Waals surface area (Å²) >= 11 is 0. The predicted octanol–water partition coefficient (Wildman–Crippen LogP) is 1.79. The fourth-order valence-corrected chi connectivity index (χ4v) is 2.44. The van der Waals surface area contributed by atoms with Gasteiger partial charge < -0.3 is 5.32 Å². The molecular weight excluding hydrogens is 210 g/mol. The molecule has 1 heterocycles. The van der Waals surface area contributed by atoms with E-state index in [1.54, 1.807) is 0 Å². The Kier molecular flexibility index (Phi) is 7.09. The predicted molar refractivity (Wildman–Crippen MR) is 75.5 cm³/mol. The molecule has 102 valence electrons. The minimum absolute atomic E-state index is 0.682. The van der Waals surface area contributed by atoms with Crippen LogP contribution in [0.15, 0.2) is 0 Å². The molecule has 0 aromatic rings. The van der Waals surface area contributed by atoms with Crippen molar-refractivity contribution in [3.63, 3.8) is 0 Å². The van der Waals surface area contributed by atoms with Gasteiger partial charge in [0.15, 0.2) is 0 Å². The number of piperazine rings is 1. The number of hydrogen-bond acceptors (Lipinski definition) is 3. The van der Waals surface area contributed by atoms with E-state index in [0.29, 0.717) is 12.1 Å².